The molecule has 0 saturated heterocycles. The van der Waals surface area contributed by atoms with Gasteiger partial charge in [-0.15, -0.1) is 0 Å². The summed E-state index contributed by atoms with van der Waals surface area (Å²) in [6.45, 7) is 9.05. The minimum atomic E-state index is -3.75. The van der Waals surface area contributed by atoms with Crippen LogP contribution in [-0.2, 0) is 26.2 Å². The number of hydrogen-bond donors (Lipinski definition) is 1. The largest absolute Gasteiger partial charge is 0.352 e. The average Bonchev–Trinajstić information content (AvgIpc) is 2.74. The number of sulfonamides is 1. The third-order valence-electron chi connectivity index (χ3n) is 5.61. The van der Waals surface area contributed by atoms with Gasteiger partial charge in [-0.2, -0.15) is 0 Å². The molecule has 2 aromatic rings. The summed E-state index contributed by atoms with van der Waals surface area (Å²) in [5, 5.41) is 2.92. The molecule has 2 rings (SSSR count). The molecular weight excluding hydrogens is 518 g/mol. The van der Waals surface area contributed by atoms with Crippen LogP contribution in [0, 0.1) is 13.8 Å². The molecule has 0 radical (unpaired) electrons. The fourth-order valence-electron chi connectivity index (χ4n) is 3.54. The molecular formula is C25H34BrN3O4S. The molecule has 0 heterocycles. The van der Waals surface area contributed by atoms with Crippen LogP contribution in [0.15, 0.2) is 46.9 Å². The minimum Gasteiger partial charge on any atom is -0.352 e. The van der Waals surface area contributed by atoms with E-state index in [1.54, 1.807) is 19.1 Å². The summed E-state index contributed by atoms with van der Waals surface area (Å²) in [5.74, 6) is -0.739. The summed E-state index contributed by atoms with van der Waals surface area (Å²) in [6, 6.07) is 12.0. The van der Waals surface area contributed by atoms with E-state index in [-0.39, 0.29) is 18.5 Å². The number of carbonyl (C=O) groups is 2. The van der Waals surface area contributed by atoms with Crippen LogP contribution in [0.1, 0.15) is 43.9 Å². The van der Waals surface area contributed by atoms with Crippen molar-refractivity contribution in [3.63, 3.8) is 0 Å². The van der Waals surface area contributed by atoms with Gasteiger partial charge >= 0.3 is 0 Å². The molecule has 0 aromatic heterocycles. The minimum absolute atomic E-state index is 0.0395. The van der Waals surface area contributed by atoms with Crippen molar-refractivity contribution in [2.75, 3.05) is 17.1 Å². The van der Waals surface area contributed by atoms with Gasteiger partial charge in [0, 0.05) is 17.1 Å². The Morgan fingerprint density at radius 3 is 2.09 bits per heavy atom. The lowest BCUT2D eigenvalue weighted by Crippen LogP contribution is -2.52. The smallest absolute Gasteiger partial charge is 0.244 e. The van der Waals surface area contributed by atoms with Crippen LogP contribution in [-0.4, -0.2) is 50.0 Å². The van der Waals surface area contributed by atoms with Crippen LogP contribution < -0.4 is 9.62 Å². The topological polar surface area (TPSA) is 86.8 Å². The van der Waals surface area contributed by atoms with Crippen molar-refractivity contribution in [1.82, 2.24) is 10.2 Å². The third-order valence-corrected chi connectivity index (χ3v) is 7.28. The second-order valence-electron chi connectivity index (χ2n) is 8.76. The number of hydrogen-bond acceptors (Lipinski definition) is 4. The molecule has 2 aromatic carbocycles. The fraction of sp³-hybridized carbons (Fsp3) is 0.440. The van der Waals surface area contributed by atoms with Crippen molar-refractivity contribution in [3.8, 4) is 0 Å². The summed E-state index contributed by atoms with van der Waals surface area (Å²) in [4.78, 5) is 27.9. The summed E-state index contributed by atoms with van der Waals surface area (Å²) in [7, 11) is -3.75. The molecule has 0 fully saturated rings. The lowest BCUT2D eigenvalue weighted by Gasteiger charge is -2.32. The zero-order chi connectivity index (χ0) is 25.6. The molecule has 186 valence electrons. The Hall–Kier alpha value is -2.39. The van der Waals surface area contributed by atoms with Gasteiger partial charge in [0.05, 0.1) is 11.9 Å². The maximum atomic E-state index is 13.5. The second-order valence-corrected chi connectivity index (χ2v) is 11.6. The Morgan fingerprint density at radius 1 is 1.03 bits per heavy atom. The first-order chi connectivity index (χ1) is 15.8. The quantitative estimate of drug-likeness (QED) is 0.480. The van der Waals surface area contributed by atoms with Crippen LogP contribution in [0.3, 0.4) is 0 Å². The van der Waals surface area contributed by atoms with Crippen LogP contribution in [0.2, 0.25) is 0 Å². The lowest BCUT2D eigenvalue weighted by atomic mass is 10.1. The van der Waals surface area contributed by atoms with Gasteiger partial charge in [0.15, 0.2) is 0 Å². The number of amides is 2. The number of nitrogens with zero attached hydrogens (tertiary/aromatic N) is 2. The number of benzene rings is 2. The fourth-order valence-corrected chi connectivity index (χ4v) is 4.64. The number of aryl methyl sites for hydroxylation is 2. The number of halogens is 1. The Kier molecular flexibility index (Phi) is 9.70. The lowest BCUT2D eigenvalue weighted by molar-refractivity contribution is -0.139. The highest BCUT2D eigenvalue weighted by molar-refractivity contribution is 9.10. The van der Waals surface area contributed by atoms with Crippen molar-refractivity contribution < 1.29 is 18.0 Å². The van der Waals surface area contributed by atoms with Crippen molar-refractivity contribution in [1.29, 1.82) is 0 Å². The summed E-state index contributed by atoms with van der Waals surface area (Å²) < 4.78 is 27.3. The molecule has 0 saturated carbocycles. The first-order valence-electron chi connectivity index (χ1n) is 11.2. The molecule has 2 atom stereocenters. The highest BCUT2D eigenvalue weighted by atomic mass is 79.9. The van der Waals surface area contributed by atoms with E-state index in [0.717, 1.165) is 38.1 Å². The molecule has 34 heavy (non-hydrogen) atoms. The van der Waals surface area contributed by atoms with E-state index >= 15 is 0 Å². The Balaban J connectivity index is 2.41. The molecule has 9 heteroatoms. The SMILES string of the molecule is CC[C@@H](C)NC(=O)[C@H](C)N(Cc1ccc(Br)cc1)C(=O)CN(c1cc(C)cc(C)c1)S(C)(=O)=O. The second kappa shape index (κ2) is 11.8. The van der Waals surface area contributed by atoms with E-state index in [1.165, 1.54) is 4.90 Å². The van der Waals surface area contributed by atoms with E-state index in [2.05, 4.69) is 21.2 Å². The molecule has 0 aliphatic rings. The monoisotopic (exact) mass is 551 g/mol. The van der Waals surface area contributed by atoms with Gasteiger partial charge in [-0.1, -0.05) is 41.1 Å². The van der Waals surface area contributed by atoms with Gasteiger partial charge in [-0.25, -0.2) is 8.42 Å². The van der Waals surface area contributed by atoms with Crippen molar-refractivity contribution in [3.05, 3.63) is 63.6 Å². The molecule has 0 unspecified atom stereocenters. The average molecular weight is 553 g/mol. The molecule has 0 aliphatic carbocycles. The Labute approximate surface area is 211 Å². The molecule has 0 spiro atoms. The Bertz CT molecular complexity index is 1100. The van der Waals surface area contributed by atoms with Gasteiger partial charge in [-0.05, 0) is 75.1 Å². The van der Waals surface area contributed by atoms with E-state index in [1.807, 2.05) is 58.0 Å². The maximum Gasteiger partial charge on any atom is 0.244 e. The van der Waals surface area contributed by atoms with E-state index in [9.17, 15) is 18.0 Å². The van der Waals surface area contributed by atoms with Crippen LogP contribution in [0.5, 0.6) is 0 Å². The molecule has 7 nitrogen and oxygen atoms in total. The molecule has 1 N–H and O–H groups in total. The number of nitrogens with one attached hydrogen (secondary N) is 1. The molecule has 0 aliphatic heterocycles. The predicted octanol–water partition coefficient (Wildman–Crippen LogP) is 4.16. The first kappa shape index (κ1) is 27.9. The first-order valence-corrected chi connectivity index (χ1v) is 13.9. The van der Waals surface area contributed by atoms with Crippen molar-refractivity contribution in [2.24, 2.45) is 0 Å². The van der Waals surface area contributed by atoms with Crippen molar-refractivity contribution >= 4 is 43.5 Å². The number of rotatable bonds is 10. The highest BCUT2D eigenvalue weighted by Crippen LogP contribution is 2.22. The van der Waals surface area contributed by atoms with Gasteiger partial charge in [0.1, 0.15) is 12.6 Å². The van der Waals surface area contributed by atoms with Gasteiger partial charge in [0.25, 0.3) is 0 Å². The van der Waals surface area contributed by atoms with Crippen LogP contribution in [0.4, 0.5) is 5.69 Å². The van der Waals surface area contributed by atoms with E-state index in [4.69, 9.17) is 0 Å². The van der Waals surface area contributed by atoms with Crippen LogP contribution in [0.25, 0.3) is 0 Å². The van der Waals surface area contributed by atoms with E-state index in [0.29, 0.717) is 5.69 Å². The summed E-state index contributed by atoms with van der Waals surface area (Å²) in [6.07, 6.45) is 1.84. The molecule has 0 bridgehead atoms. The molecule has 2 amide bonds. The highest BCUT2D eigenvalue weighted by Gasteiger charge is 2.30. The summed E-state index contributed by atoms with van der Waals surface area (Å²) >= 11 is 3.40. The number of carbonyl (C=O) groups excluding carboxylic acids is 2. The zero-order valence-corrected chi connectivity index (χ0v) is 23.0. The predicted molar refractivity (Wildman–Crippen MR) is 140 cm³/mol. The normalized spacial score (nSPS) is 13.1. The standard InChI is InChI=1S/C25H34BrN3O4S/c1-7-19(4)27-25(31)20(5)28(15-21-8-10-22(26)11-9-21)24(30)16-29(34(6,32)33)23-13-17(2)12-18(3)14-23/h8-14,19-20H,7,15-16H2,1-6H3,(H,27,31)/t19-,20+/m1/s1. The Morgan fingerprint density at radius 2 is 1.59 bits per heavy atom. The third kappa shape index (κ3) is 7.84. The zero-order valence-electron chi connectivity index (χ0n) is 20.6. The number of anilines is 1. The van der Waals surface area contributed by atoms with E-state index < -0.39 is 28.5 Å². The van der Waals surface area contributed by atoms with Gasteiger partial charge < -0.3 is 10.2 Å². The van der Waals surface area contributed by atoms with Gasteiger partial charge in [0.2, 0.25) is 21.8 Å². The van der Waals surface area contributed by atoms with Gasteiger partial charge in [-0.3, -0.25) is 13.9 Å². The maximum absolute atomic E-state index is 13.5. The summed E-state index contributed by atoms with van der Waals surface area (Å²) in [5.41, 5.74) is 3.04. The van der Waals surface area contributed by atoms with Crippen molar-refractivity contribution in [2.45, 2.75) is 59.7 Å². The van der Waals surface area contributed by atoms with Crippen LogP contribution >= 0.6 is 15.9 Å².